The fourth-order valence-corrected chi connectivity index (χ4v) is 2.14. The Morgan fingerprint density at radius 1 is 1.24 bits per heavy atom. The minimum atomic E-state index is 0.508. The van der Waals surface area contributed by atoms with Crippen LogP contribution in [-0.4, -0.2) is 9.97 Å². The second-order valence-electron chi connectivity index (χ2n) is 3.70. The molecule has 0 aliphatic carbocycles. The summed E-state index contributed by atoms with van der Waals surface area (Å²) in [6.45, 7) is 3.97. The maximum Gasteiger partial charge on any atom is 0.161 e. The van der Waals surface area contributed by atoms with E-state index in [4.69, 9.17) is 11.6 Å². The second-order valence-corrected chi connectivity index (χ2v) is 5.99. The minimum Gasteiger partial charge on any atom is -0.232 e. The molecule has 0 N–H and O–H groups in total. The summed E-state index contributed by atoms with van der Waals surface area (Å²) in [5.41, 5.74) is 3.03. The highest BCUT2D eigenvalue weighted by atomic mass is 127. The molecule has 0 spiro atoms. The van der Waals surface area contributed by atoms with Gasteiger partial charge in [0.1, 0.15) is 5.15 Å². The largest absolute Gasteiger partial charge is 0.232 e. The van der Waals surface area contributed by atoms with Crippen molar-refractivity contribution in [2.24, 2.45) is 0 Å². The normalized spacial score (nSPS) is 10.6. The number of halogens is 3. The molecule has 88 valence electrons. The second kappa shape index (κ2) is 5.20. The first-order chi connectivity index (χ1) is 7.99. The zero-order valence-corrected chi connectivity index (χ0v) is 13.8. The Kier molecular flexibility index (Phi) is 4.05. The summed E-state index contributed by atoms with van der Waals surface area (Å²) in [7, 11) is 0. The van der Waals surface area contributed by atoms with Gasteiger partial charge in [0.25, 0.3) is 0 Å². The Morgan fingerprint density at radius 3 is 2.53 bits per heavy atom. The standard InChI is InChI=1S/C12H9BrClIN2/c1-6-5-8(3-4-9(6)13)12-16-7(2)10(15)11(14)17-12/h3-5H,1-2H3. The maximum atomic E-state index is 6.07. The molecule has 1 heterocycles. The van der Waals surface area contributed by atoms with Crippen LogP contribution in [0.5, 0.6) is 0 Å². The van der Waals surface area contributed by atoms with Gasteiger partial charge >= 0.3 is 0 Å². The van der Waals surface area contributed by atoms with Gasteiger partial charge in [0, 0.05) is 10.0 Å². The molecule has 0 bridgehead atoms. The Morgan fingerprint density at radius 2 is 1.94 bits per heavy atom. The van der Waals surface area contributed by atoms with Crippen LogP contribution in [0.2, 0.25) is 5.15 Å². The highest BCUT2D eigenvalue weighted by molar-refractivity contribution is 14.1. The third-order valence-corrected chi connectivity index (χ3v) is 5.17. The third kappa shape index (κ3) is 2.80. The molecule has 0 fully saturated rings. The van der Waals surface area contributed by atoms with Gasteiger partial charge in [0.15, 0.2) is 5.82 Å². The predicted molar refractivity (Wildman–Crippen MR) is 82.4 cm³/mol. The van der Waals surface area contributed by atoms with Gasteiger partial charge in [-0.3, -0.25) is 0 Å². The van der Waals surface area contributed by atoms with Crippen molar-refractivity contribution in [2.45, 2.75) is 13.8 Å². The Labute approximate surface area is 127 Å². The van der Waals surface area contributed by atoms with E-state index in [0.717, 1.165) is 24.9 Å². The molecule has 0 amide bonds. The quantitative estimate of drug-likeness (QED) is 0.487. The smallest absolute Gasteiger partial charge is 0.161 e. The molecule has 2 aromatic rings. The lowest BCUT2D eigenvalue weighted by Crippen LogP contribution is -1.96. The molecule has 2 rings (SSSR count). The van der Waals surface area contributed by atoms with Crippen LogP contribution in [0, 0.1) is 17.4 Å². The molecule has 1 aromatic carbocycles. The third-order valence-electron chi connectivity index (χ3n) is 2.39. The summed E-state index contributed by atoms with van der Waals surface area (Å²) >= 11 is 11.7. The van der Waals surface area contributed by atoms with E-state index >= 15 is 0 Å². The number of aryl methyl sites for hydroxylation is 2. The van der Waals surface area contributed by atoms with Crippen molar-refractivity contribution >= 4 is 50.1 Å². The Bertz CT molecular complexity index is 564. The van der Waals surface area contributed by atoms with E-state index in [-0.39, 0.29) is 0 Å². The summed E-state index contributed by atoms with van der Waals surface area (Å²) in [5, 5.41) is 0.508. The minimum absolute atomic E-state index is 0.508. The van der Waals surface area contributed by atoms with E-state index in [1.165, 1.54) is 0 Å². The van der Waals surface area contributed by atoms with Gasteiger partial charge in [-0.15, -0.1) is 0 Å². The number of hydrogen-bond donors (Lipinski definition) is 0. The van der Waals surface area contributed by atoms with Crippen LogP contribution in [0.1, 0.15) is 11.3 Å². The molecular weight excluding hydrogens is 414 g/mol. The molecule has 0 saturated heterocycles. The zero-order chi connectivity index (χ0) is 12.6. The Hall–Kier alpha value is -0.200. The first kappa shape index (κ1) is 13.2. The lowest BCUT2D eigenvalue weighted by molar-refractivity contribution is 1.09. The van der Waals surface area contributed by atoms with E-state index in [1.54, 1.807) is 0 Å². The molecule has 0 unspecified atom stereocenters. The molecule has 5 heteroatoms. The number of rotatable bonds is 1. The lowest BCUT2D eigenvalue weighted by atomic mass is 10.1. The molecule has 0 aliphatic rings. The van der Waals surface area contributed by atoms with Crippen LogP contribution < -0.4 is 0 Å². The number of aromatic nitrogens is 2. The average Bonchev–Trinajstić information content (AvgIpc) is 2.29. The van der Waals surface area contributed by atoms with Gasteiger partial charge < -0.3 is 0 Å². The molecule has 0 atom stereocenters. The van der Waals surface area contributed by atoms with Gasteiger partial charge in [-0.1, -0.05) is 33.6 Å². The van der Waals surface area contributed by atoms with Crippen molar-refractivity contribution in [3.05, 3.63) is 42.7 Å². The molecule has 0 saturated carbocycles. The molecule has 17 heavy (non-hydrogen) atoms. The summed E-state index contributed by atoms with van der Waals surface area (Å²) < 4.78 is 1.98. The maximum absolute atomic E-state index is 6.07. The molecule has 0 radical (unpaired) electrons. The predicted octanol–water partition coefficient (Wildman–Crippen LogP) is 4.78. The number of nitrogens with zero attached hydrogens (tertiary/aromatic N) is 2. The monoisotopic (exact) mass is 422 g/mol. The van der Waals surface area contributed by atoms with Gasteiger partial charge in [-0.2, -0.15) is 0 Å². The summed E-state index contributed by atoms with van der Waals surface area (Å²) in [4.78, 5) is 8.76. The molecule has 0 aliphatic heterocycles. The van der Waals surface area contributed by atoms with E-state index in [2.05, 4.69) is 48.5 Å². The van der Waals surface area contributed by atoms with E-state index < -0.39 is 0 Å². The molecule has 1 aromatic heterocycles. The first-order valence-electron chi connectivity index (χ1n) is 4.95. The van der Waals surface area contributed by atoms with Crippen LogP contribution in [0.15, 0.2) is 22.7 Å². The number of benzene rings is 1. The summed E-state index contributed by atoms with van der Waals surface area (Å²) in [6.07, 6.45) is 0. The molecular formula is C12H9BrClIN2. The fourth-order valence-electron chi connectivity index (χ4n) is 1.44. The number of hydrogen-bond acceptors (Lipinski definition) is 2. The van der Waals surface area contributed by atoms with Crippen molar-refractivity contribution in [3.63, 3.8) is 0 Å². The van der Waals surface area contributed by atoms with Gasteiger partial charge in [0.2, 0.25) is 0 Å². The van der Waals surface area contributed by atoms with Gasteiger partial charge in [-0.25, -0.2) is 9.97 Å². The van der Waals surface area contributed by atoms with Crippen LogP contribution in [-0.2, 0) is 0 Å². The molecule has 2 nitrogen and oxygen atoms in total. The van der Waals surface area contributed by atoms with Crippen molar-refractivity contribution in [3.8, 4) is 11.4 Å². The zero-order valence-electron chi connectivity index (χ0n) is 9.26. The van der Waals surface area contributed by atoms with E-state index in [0.29, 0.717) is 11.0 Å². The van der Waals surface area contributed by atoms with Crippen LogP contribution in [0.3, 0.4) is 0 Å². The SMILES string of the molecule is Cc1cc(-c2nc(C)c(I)c(Cl)n2)ccc1Br. The van der Waals surface area contributed by atoms with Crippen molar-refractivity contribution in [1.29, 1.82) is 0 Å². The van der Waals surface area contributed by atoms with Gasteiger partial charge in [0.05, 0.1) is 9.26 Å². The lowest BCUT2D eigenvalue weighted by Gasteiger charge is -2.06. The van der Waals surface area contributed by atoms with Crippen molar-refractivity contribution in [1.82, 2.24) is 9.97 Å². The highest BCUT2D eigenvalue weighted by Crippen LogP contribution is 2.26. The van der Waals surface area contributed by atoms with Crippen LogP contribution in [0.4, 0.5) is 0 Å². The van der Waals surface area contributed by atoms with Crippen LogP contribution in [0.25, 0.3) is 11.4 Å². The Balaban J connectivity index is 2.57. The van der Waals surface area contributed by atoms with Crippen molar-refractivity contribution in [2.75, 3.05) is 0 Å². The summed E-state index contributed by atoms with van der Waals surface area (Å²) in [6, 6.07) is 6.02. The fraction of sp³-hybridized carbons (Fsp3) is 0.167. The topological polar surface area (TPSA) is 25.8 Å². The van der Waals surface area contributed by atoms with E-state index in [9.17, 15) is 0 Å². The van der Waals surface area contributed by atoms with E-state index in [1.807, 2.05) is 32.0 Å². The van der Waals surface area contributed by atoms with Crippen molar-refractivity contribution < 1.29 is 0 Å². The van der Waals surface area contributed by atoms with Gasteiger partial charge in [-0.05, 0) is 54.1 Å². The first-order valence-corrected chi connectivity index (χ1v) is 7.20. The summed E-state index contributed by atoms with van der Waals surface area (Å²) in [5.74, 6) is 0.670. The van der Waals surface area contributed by atoms with Crippen LogP contribution >= 0.6 is 50.1 Å². The average molecular weight is 423 g/mol. The highest BCUT2D eigenvalue weighted by Gasteiger charge is 2.09.